The third-order valence-electron chi connectivity index (χ3n) is 2.91. The van der Waals surface area contributed by atoms with Crippen molar-refractivity contribution in [1.29, 1.82) is 5.41 Å². The standard InChI is InChI=1S/C10H17NO4/c1-13-6-4-7(9(11)14-2)8(5-6)10(12)15-3/h6-8,11H,4-5H2,1-3H3. The molecule has 0 spiro atoms. The second kappa shape index (κ2) is 5.11. The van der Waals surface area contributed by atoms with Crippen LogP contribution in [0.5, 0.6) is 0 Å². The Labute approximate surface area is 89.2 Å². The summed E-state index contributed by atoms with van der Waals surface area (Å²) in [4.78, 5) is 11.5. The van der Waals surface area contributed by atoms with Gasteiger partial charge in [-0.2, -0.15) is 0 Å². The summed E-state index contributed by atoms with van der Waals surface area (Å²) in [5, 5.41) is 7.61. The summed E-state index contributed by atoms with van der Waals surface area (Å²) in [5.41, 5.74) is 0. The number of hydrogen-bond acceptors (Lipinski definition) is 5. The lowest BCUT2D eigenvalue weighted by molar-refractivity contribution is -0.146. The van der Waals surface area contributed by atoms with Crippen LogP contribution in [0.3, 0.4) is 0 Å². The normalized spacial score (nSPS) is 29.9. The summed E-state index contributed by atoms with van der Waals surface area (Å²) < 4.78 is 14.8. The van der Waals surface area contributed by atoms with Crippen LogP contribution >= 0.6 is 0 Å². The Morgan fingerprint density at radius 3 is 2.20 bits per heavy atom. The molecule has 1 fully saturated rings. The maximum Gasteiger partial charge on any atom is 0.309 e. The molecular weight excluding hydrogens is 198 g/mol. The largest absolute Gasteiger partial charge is 0.484 e. The van der Waals surface area contributed by atoms with E-state index in [4.69, 9.17) is 19.6 Å². The van der Waals surface area contributed by atoms with Crippen LogP contribution in [-0.4, -0.2) is 39.3 Å². The highest BCUT2D eigenvalue weighted by Gasteiger charge is 2.42. The van der Waals surface area contributed by atoms with Gasteiger partial charge in [0.15, 0.2) is 5.90 Å². The molecule has 86 valence electrons. The van der Waals surface area contributed by atoms with Crippen molar-refractivity contribution in [3.8, 4) is 0 Å². The topological polar surface area (TPSA) is 68.6 Å². The van der Waals surface area contributed by atoms with E-state index in [1.807, 2.05) is 0 Å². The van der Waals surface area contributed by atoms with E-state index in [-0.39, 0.29) is 29.8 Å². The molecule has 5 nitrogen and oxygen atoms in total. The van der Waals surface area contributed by atoms with Gasteiger partial charge in [0.05, 0.1) is 32.2 Å². The smallest absolute Gasteiger partial charge is 0.309 e. The number of ether oxygens (including phenoxy) is 3. The van der Waals surface area contributed by atoms with Crippen LogP contribution in [-0.2, 0) is 19.0 Å². The third kappa shape index (κ3) is 2.47. The first-order chi connectivity index (χ1) is 7.13. The fraction of sp³-hybridized carbons (Fsp3) is 0.800. The van der Waals surface area contributed by atoms with Gasteiger partial charge in [-0.05, 0) is 12.8 Å². The zero-order chi connectivity index (χ0) is 11.4. The minimum absolute atomic E-state index is 0.00889. The van der Waals surface area contributed by atoms with E-state index in [2.05, 4.69) is 0 Å². The fourth-order valence-electron chi connectivity index (χ4n) is 2.04. The molecule has 15 heavy (non-hydrogen) atoms. The van der Waals surface area contributed by atoms with Gasteiger partial charge < -0.3 is 14.2 Å². The van der Waals surface area contributed by atoms with Crippen LogP contribution in [0.2, 0.25) is 0 Å². The molecule has 1 aliphatic carbocycles. The SMILES string of the molecule is COC(=N)C1CC(OC)CC1C(=O)OC. The highest BCUT2D eigenvalue weighted by Crippen LogP contribution is 2.35. The van der Waals surface area contributed by atoms with Crippen molar-refractivity contribution in [2.75, 3.05) is 21.3 Å². The number of carbonyl (C=O) groups is 1. The molecule has 0 aromatic carbocycles. The molecule has 0 aromatic heterocycles. The third-order valence-corrected chi connectivity index (χ3v) is 2.91. The fourth-order valence-corrected chi connectivity index (χ4v) is 2.04. The van der Waals surface area contributed by atoms with Crippen LogP contribution in [0.25, 0.3) is 0 Å². The van der Waals surface area contributed by atoms with E-state index in [0.717, 1.165) is 0 Å². The van der Waals surface area contributed by atoms with Crippen molar-refractivity contribution >= 4 is 11.9 Å². The average Bonchev–Trinajstić information content (AvgIpc) is 2.70. The molecule has 1 N–H and O–H groups in total. The van der Waals surface area contributed by atoms with Crippen molar-refractivity contribution in [3.05, 3.63) is 0 Å². The van der Waals surface area contributed by atoms with Gasteiger partial charge in [-0.25, -0.2) is 0 Å². The van der Waals surface area contributed by atoms with Gasteiger partial charge in [-0.15, -0.1) is 0 Å². The number of hydrogen-bond donors (Lipinski definition) is 1. The second-order valence-corrected chi connectivity index (χ2v) is 3.63. The zero-order valence-corrected chi connectivity index (χ0v) is 9.28. The maximum absolute atomic E-state index is 11.5. The zero-order valence-electron chi connectivity index (χ0n) is 9.28. The molecule has 0 heterocycles. The molecule has 3 atom stereocenters. The highest BCUT2D eigenvalue weighted by atomic mass is 16.5. The van der Waals surface area contributed by atoms with E-state index in [0.29, 0.717) is 12.8 Å². The van der Waals surface area contributed by atoms with Gasteiger partial charge in [-0.3, -0.25) is 10.2 Å². The van der Waals surface area contributed by atoms with E-state index < -0.39 is 0 Å². The van der Waals surface area contributed by atoms with E-state index in [1.165, 1.54) is 14.2 Å². The molecule has 5 heteroatoms. The van der Waals surface area contributed by atoms with Crippen molar-refractivity contribution in [2.24, 2.45) is 11.8 Å². The van der Waals surface area contributed by atoms with Crippen molar-refractivity contribution in [1.82, 2.24) is 0 Å². The van der Waals surface area contributed by atoms with Crippen molar-refractivity contribution in [2.45, 2.75) is 18.9 Å². The Bertz CT molecular complexity index is 230. The second-order valence-electron chi connectivity index (χ2n) is 3.63. The minimum Gasteiger partial charge on any atom is -0.484 e. The predicted molar refractivity (Wildman–Crippen MR) is 53.8 cm³/mol. The summed E-state index contributed by atoms with van der Waals surface area (Å²) >= 11 is 0. The number of nitrogens with one attached hydrogen (secondary N) is 1. The van der Waals surface area contributed by atoms with E-state index >= 15 is 0 Å². The molecule has 1 saturated carbocycles. The Morgan fingerprint density at radius 2 is 1.73 bits per heavy atom. The van der Waals surface area contributed by atoms with Gasteiger partial charge in [0, 0.05) is 7.11 Å². The van der Waals surface area contributed by atoms with Gasteiger partial charge >= 0.3 is 5.97 Å². The van der Waals surface area contributed by atoms with E-state index in [1.54, 1.807) is 7.11 Å². The van der Waals surface area contributed by atoms with Crippen LogP contribution in [0.15, 0.2) is 0 Å². The molecular formula is C10H17NO4. The number of esters is 1. The molecule has 3 unspecified atom stereocenters. The number of methoxy groups -OCH3 is 3. The van der Waals surface area contributed by atoms with Crippen molar-refractivity contribution in [3.63, 3.8) is 0 Å². The monoisotopic (exact) mass is 215 g/mol. The molecule has 0 amide bonds. The summed E-state index contributed by atoms with van der Waals surface area (Å²) in [6.45, 7) is 0. The number of carbonyl (C=O) groups excluding carboxylic acids is 1. The molecule has 0 saturated heterocycles. The molecule has 0 aliphatic heterocycles. The van der Waals surface area contributed by atoms with Crippen LogP contribution in [0.1, 0.15) is 12.8 Å². The summed E-state index contributed by atoms with van der Waals surface area (Å²) in [6, 6.07) is 0. The lowest BCUT2D eigenvalue weighted by atomic mass is 9.96. The first-order valence-electron chi connectivity index (χ1n) is 4.87. The summed E-state index contributed by atoms with van der Waals surface area (Å²) in [5.74, 6) is -0.689. The maximum atomic E-state index is 11.5. The Kier molecular flexibility index (Phi) is 4.08. The Hall–Kier alpha value is -1.10. The highest BCUT2D eigenvalue weighted by molar-refractivity contribution is 5.84. The van der Waals surface area contributed by atoms with Crippen LogP contribution in [0.4, 0.5) is 0 Å². The molecule has 1 rings (SSSR count). The lowest BCUT2D eigenvalue weighted by Crippen LogP contribution is -2.26. The first kappa shape index (κ1) is 12.0. The predicted octanol–water partition coefficient (Wildman–Crippen LogP) is 0.824. The molecule has 1 aliphatic rings. The molecule has 0 aromatic rings. The van der Waals surface area contributed by atoms with Gasteiger partial charge in [0.1, 0.15) is 0 Å². The summed E-state index contributed by atoms with van der Waals surface area (Å²) in [7, 11) is 4.41. The van der Waals surface area contributed by atoms with Gasteiger partial charge in [0.25, 0.3) is 0 Å². The average molecular weight is 215 g/mol. The molecule has 0 radical (unpaired) electrons. The van der Waals surface area contributed by atoms with E-state index in [9.17, 15) is 4.79 Å². The van der Waals surface area contributed by atoms with Crippen LogP contribution in [0, 0.1) is 17.2 Å². The molecule has 0 bridgehead atoms. The van der Waals surface area contributed by atoms with Gasteiger partial charge in [0.2, 0.25) is 0 Å². The Morgan fingerprint density at radius 1 is 1.13 bits per heavy atom. The quantitative estimate of drug-likeness (QED) is 0.430. The number of rotatable bonds is 3. The Balaban J connectivity index is 2.73. The van der Waals surface area contributed by atoms with Crippen LogP contribution < -0.4 is 0 Å². The lowest BCUT2D eigenvalue weighted by Gasteiger charge is -2.16. The van der Waals surface area contributed by atoms with Crippen molar-refractivity contribution < 1.29 is 19.0 Å². The van der Waals surface area contributed by atoms with Gasteiger partial charge in [-0.1, -0.05) is 0 Å². The summed E-state index contributed by atoms with van der Waals surface area (Å²) in [6.07, 6.45) is 1.25. The minimum atomic E-state index is -0.313. The first-order valence-corrected chi connectivity index (χ1v) is 4.87.